The number of nitrogens with zero attached hydrogens (tertiary/aromatic N) is 3. The van der Waals surface area contributed by atoms with Gasteiger partial charge in [-0.15, -0.1) is 0 Å². The van der Waals surface area contributed by atoms with E-state index in [0.717, 1.165) is 74.6 Å². The molecule has 1 amide bonds. The number of guanidine groups is 1. The quantitative estimate of drug-likeness (QED) is 0.129. The fraction of sp³-hybridized carbons (Fsp3) is 0.600. The number of ether oxygens (including phenoxy) is 2. The van der Waals surface area contributed by atoms with E-state index in [4.69, 9.17) is 14.9 Å². The number of aryl methyl sites for hydroxylation is 1. The number of hydrogen-bond donors (Lipinski definition) is 3. The van der Waals surface area contributed by atoms with Gasteiger partial charge < -0.3 is 24.6 Å². The number of likely N-dealkylation sites (tertiary alicyclic amines) is 1. The Hall–Kier alpha value is -2.98. The molecule has 1 aliphatic heterocycles. The molecule has 1 heterocycles. The van der Waals surface area contributed by atoms with Gasteiger partial charge in [0.25, 0.3) is 0 Å². The molecule has 2 aromatic carbocycles. The fourth-order valence-electron chi connectivity index (χ4n) is 5.67. The number of nitrogens with one attached hydrogen (secondary N) is 3. The molecule has 0 saturated carbocycles. The number of hydrogen-bond acceptors (Lipinski definition) is 7. The number of rotatable bonds is 18. The maximum atomic E-state index is 12.5. The van der Waals surface area contributed by atoms with Crippen molar-refractivity contribution in [3.8, 4) is 16.9 Å². The van der Waals surface area contributed by atoms with Crippen LogP contribution in [0.5, 0.6) is 5.75 Å². The summed E-state index contributed by atoms with van der Waals surface area (Å²) in [6.45, 7) is 12.4. The Bertz CT molecular complexity index is 1130. The van der Waals surface area contributed by atoms with Crippen LogP contribution in [-0.4, -0.2) is 106 Å². The van der Waals surface area contributed by atoms with Crippen LogP contribution in [0.3, 0.4) is 0 Å². The molecule has 0 spiro atoms. The molecule has 0 aromatic heterocycles. The predicted molar refractivity (Wildman–Crippen MR) is 180 cm³/mol. The van der Waals surface area contributed by atoms with Crippen LogP contribution in [0, 0.1) is 5.41 Å². The monoisotopic (exact) mass is 608 g/mol. The van der Waals surface area contributed by atoms with Crippen LogP contribution in [0.25, 0.3) is 11.1 Å². The maximum absolute atomic E-state index is 12.5. The molecule has 9 nitrogen and oxygen atoms in total. The van der Waals surface area contributed by atoms with Crippen molar-refractivity contribution in [3.05, 3.63) is 53.6 Å². The first-order valence-corrected chi connectivity index (χ1v) is 16.4. The topological polar surface area (TPSA) is 93.2 Å². The predicted octanol–water partition coefficient (Wildman–Crippen LogP) is 4.60. The van der Waals surface area contributed by atoms with Crippen LogP contribution in [0.4, 0.5) is 0 Å². The number of carbonyl (C=O) groups excluding carboxylic acids is 1. The van der Waals surface area contributed by atoms with Crippen molar-refractivity contribution in [1.82, 2.24) is 25.3 Å². The third-order valence-electron chi connectivity index (χ3n) is 8.51. The minimum Gasteiger partial charge on any atom is -0.493 e. The summed E-state index contributed by atoms with van der Waals surface area (Å²) in [7, 11) is 6.06. The second-order valence-electron chi connectivity index (χ2n) is 11.9. The highest BCUT2D eigenvalue weighted by atomic mass is 16.5. The van der Waals surface area contributed by atoms with E-state index in [2.05, 4.69) is 95.7 Å². The molecular formula is C35H56N6O3. The summed E-state index contributed by atoms with van der Waals surface area (Å²) < 4.78 is 11.4. The molecule has 44 heavy (non-hydrogen) atoms. The molecule has 3 rings (SSSR count). The van der Waals surface area contributed by atoms with Crippen LogP contribution in [0.15, 0.2) is 42.5 Å². The first-order valence-electron chi connectivity index (χ1n) is 16.4. The number of amides is 1. The molecule has 0 aliphatic carbocycles. The van der Waals surface area contributed by atoms with Crippen molar-refractivity contribution < 1.29 is 14.3 Å². The molecule has 1 saturated heterocycles. The lowest BCUT2D eigenvalue weighted by molar-refractivity contribution is -0.119. The van der Waals surface area contributed by atoms with Gasteiger partial charge in [-0.3, -0.25) is 20.4 Å². The molecule has 0 unspecified atom stereocenters. The van der Waals surface area contributed by atoms with Gasteiger partial charge in [-0.1, -0.05) is 50.2 Å². The summed E-state index contributed by atoms with van der Waals surface area (Å²) in [6.07, 6.45) is 5.04. The normalized spacial score (nSPS) is 14.2. The molecule has 244 valence electrons. The largest absolute Gasteiger partial charge is 0.493 e. The Morgan fingerprint density at radius 3 is 2.36 bits per heavy atom. The van der Waals surface area contributed by atoms with Crippen molar-refractivity contribution in [2.24, 2.45) is 0 Å². The molecule has 3 N–H and O–H groups in total. The molecule has 2 aromatic rings. The molecule has 1 fully saturated rings. The van der Waals surface area contributed by atoms with Crippen LogP contribution >= 0.6 is 0 Å². The van der Waals surface area contributed by atoms with Crippen molar-refractivity contribution in [1.29, 1.82) is 5.41 Å². The molecular weight excluding hydrogens is 552 g/mol. The highest BCUT2D eigenvalue weighted by Gasteiger charge is 2.20. The number of benzene rings is 2. The minimum atomic E-state index is -0.167. The zero-order valence-electron chi connectivity index (χ0n) is 27.8. The molecule has 0 bridgehead atoms. The van der Waals surface area contributed by atoms with E-state index < -0.39 is 0 Å². The zero-order valence-corrected chi connectivity index (χ0v) is 27.8. The van der Waals surface area contributed by atoms with E-state index >= 15 is 0 Å². The third-order valence-corrected chi connectivity index (χ3v) is 8.51. The van der Waals surface area contributed by atoms with E-state index in [1.54, 1.807) is 7.11 Å². The Labute approximate surface area is 265 Å². The Balaban J connectivity index is 1.55. The van der Waals surface area contributed by atoms with Crippen LogP contribution in [0.2, 0.25) is 0 Å². The van der Waals surface area contributed by atoms with E-state index in [9.17, 15) is 4.79 Å². The molecule has 1 aliphatic rings. The van der Waals surface area contributed by atoms with Crippen molar-refractivity contribution in [2.45, 2.75) is 65.0 Å². The Morgan fingerprint density at radius 2 is 1.70 bits per heavy atom. The number of carbonyl (C=O) groups is 1. The van der Waals surface area contributed by atoms with E-state index in [-0.39, 0.29) is 11.9 Å². The smallest absolute Gasteiger partial charge is 0.226 e. The third kappa shape index (κ3) is 12.2. The summed E-state index contributed by atoms with van der Waals surface area (Å²) in [4.78, 5) is 19.8. The van der Waals surface area contributed by atoms with Gasteiger partial charge in [-0.2, -0.15) is 0 Å². The average Bonchev–Trinajstić information content (AvgIpc) is 3.03. The van der Waals surface area contributed by atoms with Crippen molar-refractivity contribution in [3.63, 3.8) is 0 Å². The fourth-order valence-corrected chi connectivity index (χ4v) is 5.67. The lowest BCUT2D eigenvalue weighted by Crippen LogP contribution is -2.41. The Kier molecular flexibility index (Phi) is 15.7. The van der Waals surface area contributed by atoms with E-state index in [1.165, 1.54) is 18.4 Å². The van der Waals surface area contributed by atoms with Gasteiger partial charge in [0.05, 0.1) is 6.61 Å². The van der Waals surface area contributed by atoms with Crippen molar-refractivity contribution >= 4 is 11.9 Å². The van der Waals surface area contributed by atoms with Gasteiger partial charge in [0, 0.05) is 51.3 Å². The second-order valence-corrected chi connectivity index (χ2v) is 11.9. The first kappa shape index (κ1) is 35.5. The van der Waals surface area contributed by atoms with Gasteiger partial charge in [0.2, 0.25) is 5.91 Å². The first-order chi connectivity index (χ1) is 21.3. The summed E-state index contributed by atoms with van der Waals surface area (Å²) in [5.41, 5.74) is 4.52. The van der Waals surface area contributed by atoms with Gasteiger partial charge in [0.15, 0.2) is 5.96 Å². The summed E-state index contributed by atoms with van der Waals surface area (Å²) in [5, 5.41) is 13.7. The average molecular weight is 609 g/mol. The maximum Gasteiger partial charge on any atom is 0.226 e. The van der Waals surface area contributed by atoms with E-state index in [1.807, 2.05) is 0 Å². The summed E-state index contributed by atoms with van der Waals surface area (Å²) in [5.74, 6) is 0.716. The van der Waals surface area contributed by atoms with Crippen LogP contribution < -0.4 is 15.4 Å². The molecule has 9 heteroatoms. The standard InChI is InChI=1S/C35H56N6O3/c1-6-40(7-2)21-8-20-37-35(36)38-34(42)17-13-28-12-16-32(33(26-28)44-25-9-24-43-5)30-14-10-29(11-15-30)27-41-22-18-31(19-23-41)39(3)4/h10-12,14-16,26,31H,6-9,13,17-25,27H2,1-5H3,(H3,36,37,38,42). The number of methoxy groups -OCH3 is 1. The van der Waals surface area contributed by atoms with Gasteiger partial charge in [-0.05, 0) is 95.3 Å². The lowest BCUT2D eigenvalue weighted by atomic mass is 9.99. The Morgan fingerprint density at radius 1 is 1.00 bits per heavy atom. The zero-order chi connectivity index (χ0) is 31.7. The minimum absolute atomic E-state index is 0.0635. The summed E-state index contributed by atoms with van der Waals surface area (Å²) in [6, 6.07) is 15.7. The van der Waals surface area contributed by atoms with Crippen LogP contribution in [-0.2, 0) is 22.5 Å². The number of piperidine rings is 1. The molecule has 0 atom stereocenters. The second kappa shape index (κ2) is 19.4. The van der Waals surface area contributed by atoms with Gasteiger partial charge in [0.1, 0.15) is 5.75 Å². The van der Waals surface area contributed by atoms with E-state index in [0.29, 0.717) is 38.6 Å². The van der Waals surface area contributed by atoms with Gasteiger partial charge >= 0.3 is 0 Å². The lowest BCUT2D eigenvalue weighted by Gasteiger charge is -2.35. The van der Waals surface area contributed by atoms with Crippen LogP contribution in [0.1, 0.15) is 57.1 Å². The van der Waals surface area contributed by atoms with Gasteiger partial charge in [-0.25, -0.2) is 0 Å². The SMILES string of the molecule is CCN(CC)CCCNC(=N)NC(=O)CCc1ccc(-c2ccc(CN3CCC(N(C)C)CC3)cc2)c(OCCCOC)c1. The highest BCUT2D eigenvalue weighted by molar-refractivity contribution is 5.95. The van der Waals surface area contributed by atoms with Crippen molar-refractivity contribution in [2.75, 3.05) is 73.7 Å². The molecule has 0 radical (unpaired) electrons. The summed E-state index contributed by atoms with van der Waals surface area (Å²) >= 11 is 0. The highest BCUT2D eigenvalue weighted by Crippen LogP contribution is 2.32.